The maximum Gasteiger partial charge on any atom is 0.416 e. The van der Waals surface area contributed by atoms with E-state index in [4.69, 9.17) is 4.74 Å². The van der Waals surface area contributed by atoms with Crippen LogP contribution in [0.1, 0.15) is 36.7 Å². The van der Waals surface area contributed by atoms with Crippen LogP contribution in [0.4, 0.5) is 10.5 Å². The maximum absolute atomic E-state index is 13.1. The number of carbonyl (C=O) groups is 2. The van der Waals surface area contributed by atoms with Crippen molar-refractivity contribution >= 4 is 17.7 Å². The van der Waals surface area contributed by atoms with Gasteiger partial charge in [0.15, 0.2) is 0 Å². The summed E-state index contributed by atoms with van der Waals surface area (Å²) in [6.45, 7) is 9.68. The van der Waals surface area contributed by atoms with E-state index in [0.29, 0.717) is 17.8 Å². The molecule has 0 spiro atoms. The highest BCUT2D eigenvalue weighted by Gasteiger charge is 2.40. The van der Waals surface area contributed by atoms with E-state index in [1.54, 1.807) is 35.2 Å². The summed E-state index contributed by atoms with van der Waals surface area (Å²) in [5.41, 5.74) is 1.33. The largest absolute Gasteiger partial charge is 0.443 e. The number of fused-ring (bicyclic) bond motifs is 1. The Morgan fingerprint density at radius 1 is 1.11 bits per heavy atom. The van der Waals surface area contributed by atoms with Crippen molar-refractivity contribution in [3.05, 3.63) is 78.4 Å². The van der Waals surface area contributed by atoms with Gasteiger partial charge in [-0.05, 0) is 44.5 Å². The average Bonchev–Trinajstić information content (AvgIpc) is 2.63. The minimum atomic E-state index is -0.649. The molecule has 1 aliphatic rings. The van der Waals surface area contributed by atoms with Crippen LogP contribution in [0.25, 0.3) is 0 Å². The predicted octanol–water partition coefficient (Wildman–Crippen LogP) is 4.60. The van der Waals surface area contributed by atoms with Gasteiger partial charge in [-0.25, -0.2) is 4.79 Å². The molecule has 1 atom stereocenters. The van der Waals surface area contributed by atoms with E-state index in [1.165, 1.54) is 4.90 Å². The molecule has 140 valence electrons. The van der Waals surface area contributed by atoms with Gasteiger partial charge in [0, 0.05) is 6.54 Å². The second-order valence-electron chi connectivity index (χ2n) is 7.44. The molecule has 0 N–H and O–H groups in total. The molecule has 0 bridgehead atoms. The molecule has 0 saturated heterocycles. The molecule has 5 nitrogen and oxygen atoms in total. The number of amides is 2. The molecule has 2 amide bonds. The number of nitrogens with zero attached hydrogens (tertiary/aromatic N) is 2. The quantitative estimate of drug-likeness (QED) is 0.748. The molecule has 0 aliphatic carbocycles. The average molecular weight is 364 g/mol. The minimum absolute atomic E-state index is 0.140. The van der Waals surface area contributed by atoms with E-state index in [0.717, 1.165) is 5.56 Å². The van der Waals surface area contributed by atoms with Crippen LogP contribution in [0, 0.1) is 0 Å². The van der Waals surface area contributed by atoms with Crippen LogP contribution < -0.4 is 4.90 Å². The first-order chi connectivity index (χ1) is 12.8. The molecular weight excluding hydrogens is 340 g/mol. The summed E-state index contributed by atoms with van der Waals surface area (Å²) in [6.07, 6.45) is 0.452. The highest BCUT2D eigenvalue weighted by molar-refractivity contribution is 6.07. The van der Waals surface area contributed by atoms with Gasteiger partial charge in [0.2, 0.25) is 0 Å². The predicted molar refractivity (Wildman–Crippen MR) is 105 cm³/mol. The maximum atomic E-state index is 13.1. The lowest BCUT2D eigenvalue weighted by atomic mass is 10.0. The van der Waals surface area contributed by atoms with Crippen LogP contribution in [0.15, 0.2) is 67.3 Å². The smallest absolute Gasteiger partial charge is 0.416 e. The molecule has 1 unspecified atom stereocenters. The van der Waals surface area contributed by atoms with Crippen LogP contribution in [-0.4, -0.2) is 28.7 Å². The van der Waals surface area contributed by atoms with Gasteiger partial charge in [-0.1, -0.05) is 49.0 Å². The number of anilines is 1. The lowest BCUT2D eigenvalue weighted by Crippen LogP contribution is -2.56. The zero-order valence-corrected chi connectivity index (χ0v) is 15.9. The SMILES string of the molecule is C=CC1N(Cc2ccccc2)C(=O)c2ccccc2N1C(=O)OC(C)(C)C. The van der Waals surface area contributed by atoms with E-state index in [9.17, 15) is 9.59 Å². The fourth-order valence-electron chi connectivity index (χ4n) is 3.12. The Morgan fingerprint density at radius 2 is 1.74 bits per heavy atom. The van der Waals surface area contributed by atoms with Crippen molar-refractivity contribution in [2.24, 2.45) is 0 Å². The van der Waals surface area contributed by atoms with Crippen LogP contribution in [0.3, 0.4) is 0 Å². The van der Waals surface area contributed by atoms with Crippen LogP contribution >= 0.6 is 0 Å². The van der Waals surface area contributed by atoms with Gasteiger partial charge in [-0.3, -0.25) is 9.69 Å². The Kier molecular flexibility index (Phi) is 5.04. The molecule has 5 heteroatoms. The lowest BCUT2D eigenvalue weighted by Gasteiger charge is -2.43. The van der Waals surface area contributed by atoms with E-state index >= 15 is 0 Å². The topological polar surface area (TPSA) is 49.9 Å². The number of benzene rings is 2. The highest BCUT2D eigenvalue weighted by atomic mass is 16.6. The zero-order valence-electron chi connectivity index (χ0n) is 15.9. The number of hydrogen-bond acceptors (Lipinski definition) is 3. The third-order valence-electron chi connectivity index (χ3n) is 4.24. The number of hydrogen-bond donors (Lipinski definition) is 0. The summed E-state index contributed by atoms with van der Waals surface area (Å²) in [7, 11) is 0. The number of para-hydroxylation sites is 1. The van der Waals surface area contributed by atoms with E-state index < -0.39 is 17.9 Å². The highest BCUT2D eigenvalue weighted by Crippen LogP contribution is 2.33. The van der Waals surface area contributed by atoms with Gasteiger partial charge in [0.25, 0.3) is 5.91 Å². The van der Waals surface area contributed by atoms with Gasteiger partial charge in [-0.2, -0.15) is 0 Å². The number of ether oxygens (including phenoxy) is 1. The Morgan fingerprint density at radius 3 is 2.37 bits per heavy atom. The van der Waals surface area contributed by atoms with Crippen molar-refractivity contribution in [3.8, 4) is 0 Å². The Balaban J connectivity index is 2.05. The standard InChI is InChI=1S/C22H24N2O3/c1-5-19-23(15-16-11-7-6-8-12-16)20(25)17-13-9-10-14-18(17)24(19)21(26)27-22(2,3)4/h5-14,19H,1,15H2,2-4H3. The summed E-state index contributed by atoms with van der Waals surface area (Å²) in [5.74, 6) is -0.140. The molecule has 27 heavy (non-hydrogen) atoms. The zero-order chi connectivity index (χ0) is 19.6. The fourth-order valence-corrected chi connectivity index (χ4v) is 3.12. The van der Waals surface area contributed by atoms with Crippen LogP contribution in [-0.2, 0) is 11.3 Å². The third kappa shape index (κ3) is 3.87. The van der Waals surface area contributed by atoms with Crippen molar-refractivity contribution in [2.75, 3.05) is 4.90 Å². The van der Waals surface area contributed by atoms with Gasteiger partial charge in [0.1, 0.15) is 11.8 Å². The molecule has 0 aromatic heterocycles. The van der Waals surface area contributed by atoms with Crippen LogP contribution in [0.5, 0.6) is 0 Å². The molecule has 0 saturated carbocycles. The fraction of sp³-hybridized carbons (Fsp3) is 0.273. The first-order valence-electron chi connectivity index (χ1n) is 8.90. The normalized spacial score (nSPS) is 16.7. The van der Waals surface area contributed by atoms with Crippen LogP contribution in [0.2, 0.25) is 0 Å². The second-order valence-corrected chi connectivity index (χ2v) is 7.44. The van der Waals surface area contributed by atoms with Crippen molar-refractivity contribution in [2.45, 2.75) is 39.1 Å². The molecule has 1 heterocycles. The lowest BCUT2D eigenvalue weighted by molar-refractivity contribution is 0.0484. The number of carbonyl (C=O) groups excluding carboxylic acids is 2. The van der Waals surface area contributed by atoms with E-state index in [2.05, 4.69) is 6.58 Å². The second kappa shape index (κ2) is 7.27. The molecule has 0 radical (unpaired) electrons. The molecule has 3 rings (SSSR count). The van der Waals surface area contributed by atoms with Crippen molar-refractivity contribution in [1.29, 1.82) is 0 Å². The Labute approximate surface area is 159 Å². The summed E-state index contributed by atoms with van der Waals surface area (Å²) in [4.78, 5) is 29.2. The first-order valence-corrected chi connectivity index (χ1v) is 8.90. The molecule has 0 fully saturated rings. The molecule has 2 aromatic carbocycles. The van der Waals surface area contributed by atoms with Crippen molar-refractivity contribution in [3.63, 3.8) is 0 Å². The molecule has 1 aliphatic heterocycles. The van der Waals surface area contributed by atoms with Gasteiger partial charge in [-0.15, -0.1) is 0 Å². The van der Waals surface area contributed by atoms with Crippen molar-refractivity contribution < 1.29 is 14.3 Å². The van der Waals surface area contributed by atoms with Crippen molar-refractivity contribution in [1.82, 2.24) is 4.90 Å². The summed E-state index contributed by atoms with van der Waals surface area (Å²) in [5, 5.41) is 0. The van der Waals surface area contributed by atoms with E-state index in [1.807, 2.05) is 51.1 Å². The summed E-state index contributed by atoms with van der Waals surface area (Å²) >= 11 is 0. The molecular formula is C22H24N2O3. The molecule has 2 aromatic rings. The van der Waals surface area contributed by atoms with Gasteiger partial charge < -0.3 is 9.64 Å². The third-order valence-corrected chi connectivity index (χ3v) is 4.24. The number of rotatable bonds is 3. The summed E-state index contributed by atoms with van der Waals surface area (Å²) in [6, 6.07) is 16.8. The first kappa shape index (κ1) is 18.7. The Bertz CT molecular complexity index is 855. The van der Waals surface area contributed by atoms with Gasteiger partial charge >= 0.3 is 6.09 Å². The Hall–Kier alpha value is -3.08. The monoisotopic (exact) mass is 364 g/mol. The minimum Gasteiger partial charge on any atom is -0.443 e. The summed E-state index contributed by atoms with van der Waals surface area (Å²) < 4.78 is 5.60. The van der Waals surface area contributed by atoms with Gasteiger partial charge in [0.05, 0.1) is 11.3 Å². The van der Waals surface area contributed by atoms with E-state index in [-0.39, 0.29) is 5.91 Å².